The second-order valence-corrected chi connectivity index (χ2v) is 10.7. The zero-order valence-electron chi connectivity index (χ0n) is 19.8. The lowest BCUT2D eigenvalue weighted by Crippen LogP contribution is -2.53. The van der Waals surface area contributed by atoms with Crippen LogP contribution in [0.5, 0.6) is 0 Å². The third-order valence-corrected chi connectivity index (χ3v) is 5.70. The Labute approximate surface area is 189 Å². The van der Waals surface area contributed by atoms with Crippen LogP contribution in [0.15, 0.2) is 36.5 Å². The van der Waals surface area contributed by atoms with Crippen molar-refractivity contribution in [3.05, 3.63) is 59.4 Å². The predicted octanol–water partition coefficient (Wildman–Crippen LogP) is 4.76. The van der Waals surface area contributed by atoms with Gasteiger partial charge >= 0.3 is 0 Å². The third-order valence-electron chi connectivity index (χ3n) is 5.70. The minimum absolute atomic E-state index is 0.0942. The summed E-state index contributed by atoms with van der Waals surface area (Å²) >= 11 is 0. The Morgan fingerprint density at radius 2 is 1.75 bits per heavy atom. The van der Waals surface area contributed by atoms with Crippen molar-refractivity contribution in [3.8, 4) is 0 Å². The van der Waals surface area contributed by atoms with Crippen LogP contribution in [0.1, 0.15) is 65.3 Å². The zero-order valence-corrected chi connectivity index (χ0v) is 19.8. The number of carbonyl (C=O) groups excluding carboxylic acids is 2. The monoisotopic (exact) mass is 445 g/mol. The molecule has 1 aromatic heterocycles. The average Bonchev–Trinajstić information content (AvgIpc) is 3.12. The molecule has 0 saturated heterocycles. The Morgan fingerprint density at radius 1 is 1.06 bits per heavy atom. The lowest BCUT2D eigenvalue weighted by atomic mass is 9.90. The Balaban J connectivity index is 1.95. The Bertz CT molecular complexity index is 1000. The van der Waals surface area contributed by atoms with E-state index in [1.165, 1.54) is 12.1 Å². The number of carbonyl (C=O) groups is 2. The van der Waals surface area contributed by atoms with E-state index in [4.69, 9.17) is 0 Å². The van der Waals surface area contributed by atoms with Gasteiger partial charge in [0.05, 0.1) is 0 Å². The van der Waals surface area contributed by atoms with Gasteiger partial charge in [0.1, 0.15) is 24.2 Å². The summed E-state index contributed by atoms with van der Waals surface area (Å²) in [7, 11) is 0. The van der Waals surface area contributed by atoms with Crippen LogP contribution in [-0.4, -0.2) is 44.8 Å². The molecule has 0 fully saturated rings. The molecule has 0 bridgehead atoms. The summed E-state index contributed by atoms with van der Waals surface area (Å²) in [6.07, 6.45) is 2.20. The SMILES string of the molecule is CC(C)(C)CC(=O)N(CC(=O)N1CCn2cccc2C1c1ccc(F)cc1F)C(C)(C)C. The van der Waals surface area contributed by atoms with E-state index < -0.39 is 23.2 Å². The summed E-state index contributed by atoms with van der Waals surface area (Å²) in [4.78, 5) is 29.8. The van der Waals surface area contributed by atoms with Gasteiger partial charge in [-0.3, -0.25) is 9.59 Å². The lowest BCUT2D eigenvalue weighted by Gasteiger charge is -2.41. The maximum Gasteiger partial charge on any atom is 0.243 e. The molecule has 3 rings (SSSR count). The highest BCUT2D eigenvalue weighted by atomic mass is 19.1. The number of halogens is 2. The van der Waals surface area contributed by atoms with Gasteiger partial charge in [0.15, 0.2) is 0 Å². The molecule has 5 nitrogen and oxygen atoms in total. The molecule has 0 radical (unpaired) electrons. The normalized spacial score (nSPS) is 16.6. The van der Waals surface area contributed by atoms with E-state index >= 15 is 0 Å². The molecule has 0 saturated carbocycles. The van der Waals surface area contributed by atoms with Gasteiger partial charge in [-0.05, 0) is 44.4 Å². The standard InChI is InChI=1S/C25H33F2N3O2/c1-24(2,3)15-21(31)30(25(4,5)6)16-22(32)29-13-12-28-11-7-8-20(28)23(29)18-10-9-17(26)14-19(18)27/h7-11,14,23H,12-13,15-16H2,1-6H3. The molecule has 1 aliphatic rings. The van der Waals surface area contributed by atoms with Crippen molar-refractivity contribution < 1.29 is 18.4 Å². The van der Waals surface area contributed by atoms with Crippen LogP contribution < -0.4 is 0 Å². The van der Waals surface area contributed by atoms with Crippen molar-refractivity contribution in [1.29, 1.82) is 0 Å². The lowest BCUT2D eigenvalue weighted by molar-refractivity contribution is -0.147. The van der Waals surface area contributed by atoms with Crippen LogP contribution in [-0.2, 0) is 16.1 Å². The first-order chi connectivity index (χ1) is 14.8. The van der Waals surface area contributed by atoms with Gasteiger partial charge in [0, 0.05) is 48.6 Å². The number of amides is 2. The van der Waals surface area contributed by atoms with Gasteiger partial charge in [-0.15, -0.1) is 0 Å². The van der Waals surface area contributed by atoms with Crippen LogP contribution in [0.3, 0.4) is 0 Å². The van der Waals surface area contributed by atoms with E-state index in [0.29, 0.717) is 19.5 Å². The minimum Gasteiger partial charge on any atom is -0.348 e. The smallest absolute Gasteiger partial charge is 0.243 e. The molecule has 2 heterocycles. The van der Waals surface area contributed by atoms with Crippen molar-refractivity contribution in [2.45, 2.75) is 66.1 Å². The first-order valence-electron chi connectivity index (χ1n) is 11.0. The second kappa shape index (κ2) is 8.68. The van der Waals surface area contributed by atoms with Gasteiger partial charge in [0.2, 0.25) is 11.8 Å². The third kappa shape index (κ3) is 5.19. The maximum absolute atomic E-state index is 14.8. The molecule has 0 aliphatic carbocycles. The first-order valence-corrected chi connectivity index (χ1v) is 11.0. The van der Waals surface area contributed by atoms with Crippen LogP contribution in [0.4, 0.5) is 8.78 Å². The van der Waals surface area contributed by atoms with Crippen molar-refractivity contribution in [2.75, 3.05) is 13.1 Å². The fraction of sp³-hybridized carbons (Fsp3) is 0.520. The topological polar surface area (TPSA) is 45.6 Å². The fourth-order valence-corrected chi connectivity index (χ4v) is 4.18. The molecule has 1 aliphatic heterocycles. The molecule has 174 valence electrons. The van der Waals surface area contributed by atoms with E-state index in [-0.39, 0.29) is 29.3 Å². The average molecular weight is 446 g/mol. The molecule has 32 heavy (non-hydrogen) atoms. The molecule has 0 N–H and O–H groups in total. The van der Waals surface area contributed by atoms with Gasteiger partial charge in [-0.25, -0.2) is 8.78 Å². The highest BCUT2D eigenvalue weighted by Gasteiger charge is 2.37. The molecular weight excluding hydrogens is 412 g/mol. The van der Waals surface area contributed by atoms with E-state index in [1.54, 1.807) is 9.80 Å². The number of rotatable bonds is 4. The second-order valence-electron chi connectivity index (χ2n) is 10.7. The molecule has 1 atom stereocenters. The summed E-state index contributed by atoms with van der Waals surface area (Å²) in [6, 6.07) is 6.45. The Morgan fingerprint density at radius 3 is 2.34 bits per heavy atom. The highest BCUT2D eigenvalue weighted by Crippen LogP contribution is 2.34. The van der Waals surface area contributed by atoms with E-state index in [0.717, 1.165) is 11.8 Å². The number of hydrogen-bond acceptors (Lipinski definition) is 2. The van der Waals surface area contributed by atoms with Gasteiger partial charge in [-0.2, -0.15) is 0 Å². The van der Waals surface area contributed by atoms with Crippen LogP contribution >= 0.6 is 0 Å². The Hall–Kier alpha value is -2.70. The van der Waals surface area contributed by atoms with Gasteiger partial charge < -0.3 is 14.4 Å². The molecule has 2 amide bonds. The number of fused-ring (bicyclic) bond motifs is 1. The van der Waals surface area contributed by atoms with E-state index in [1.807, 2.05) is 64.4 Å². The van der Waals surface area contributed by atoms with Crippen molar-refractivity contribution >= 4 is 11.8 Å². The van der Waals surface area contributed by atoms with Crippen LogP contribution in [0, 0.1) is 17.0 Å². The van der Waals surface area contributed by atoms with Crippen molar-refractivity contribution in [3.63, 3.8) is 0 Å². The van der Waals surface area contributed by atoms with Gasteiger partial charge in [-0.1, -0.05) is 26.8 Å². The van der Waals surface area contributed by atoms with E-state index in [2.05, 4.69) is 0 Å². The molecule has 2 aromatic rings. The fourth-order valence-electron chi connectivity index (χ4n) is 4.18. The van der Waals surface area contributed by atoms with Crippen molar-refractivity contribution in [2.24, 2.45) is 5.41 Å². The molecule has 7 heteroatoms. The van der Waals surface area contributed by atoms with Crippen molar-refractivity contribution in [1.82, 2.24) is 14.4 Å². The summed E-state index contributed by atoms with van der Waals surface area (Å²) in [5.41, 5.74) is 0.237. The molecule has 1 aromatic carbocycles. The summed E-state index contributed by atoms with van der Waals surface area (Å²) in [5, 5.41) is 0. The van der Waals surface area contributed by atoms with Crippen LogP contribution in [0.25, 0.3) is 0 Å². The summed E-state index contributed by atoms with van der Waals surface area (Å²) in [6.45, 7) is 12.5. The molecule has 0 spiro atoms. The number of benzene rings is 1. The molecule has 1 unspecified atom stereocenters. The zero-order chi connectivity index (χ0) is 23.8. The molecular formula is C25H33F2N3O2. The highest BCUT2D eigenvalue weighted by molar-refractivity contribution is 5.86. The van der Waals surface area contributed by atoms with E-state index in [9.17, 15) is 18.4 Å². The number of aromatic nitrogens is 1. The quantitative estimate of drug-likeness (QED) is 0.681. The maximum atomic E-state index is 14.8. The summed E-state index contributed by atoms with van der Waals surface area (Å²) in [5.74, 6) is -1.72. The number of nitrogens with zero attached hydrogens (tertiary/aromatic N) is 3. The minimum atomic E-state index is -0.695. The largest absolute Gasteiger partial charge is 0.348 e. The first kappa shape index (κ1) is 24.0. The predicted molar refractivity (Wildman–Crippen MR) is 120 cm³/mol. The van der Waals surface area contributed by atoms with Crippen LogP contribution in [0.2, 0.25) is 0 Å². The van der Waals surface area contributed by atoms with Gasteiger partial charge in [0.25, 0.3) is 0 Å². The number of hydrogen-bond donors (Lipinski definition) is 0. The summed E-state index contributed by atoms with van der Waals surface area (Å²) < 4.78 is 30.3. The Kier molecular flexibility index (Phi) is 6.50.